The molecule has 25 heavy (non-hydrogen) atoms. The number of amides is 2. The highest BCUT2D eigenvalue weighted by Crippen LogP contribution is 2.25. The summed E-state index contributed by atoms with van der Waals surface area (Å²) in [5.74, 6) is 0.693. The molecule has 1 aromatic heterocycles. The summed E-state index contributed by atoms with van der Waals surface area (Å²) in [7, 11) is 1.73. The van der Waals surface area contributed by atoms with E-state index in [0.717, 1.165) is 10.7 Å². The van der Waals surface area contributed by atoms with Crippen molar-refractivity contribution in [2.24, 2.45) is 0 Å². The SMILES string of the molecule is CN(CCOc1cccc(Cl)c1)C(=O)NCc1csc(C(C)(C)C)n1. The van der Waals surface area contributed by atoms with Crippen LogP contribution in [-0.2, 0) is 12.0 Å². The number of hydrogen-bond acceptors (Lipinski definition) is 4. The first kappa shape index (κ1) is 19.5. The van der Waals surface area contributed by atoms with Gasteiger partial charge in [0.15, 0.2) is 0 Å². The first-order valence-corrected chi connectivity index (χ1v) is 9.33. The smallest absolute Gasteiger partial charge is 0.317 e. The molecule has 0 atom stereocenters. The van der Waals surface area contributed by atoms with Crippen LogP contribution in [0.5, 0.6) is 5.75 Å². The number of rotatable bonds is 6. The largest absolute Gasteiger partial charge is 0.492 e. The summed E-state index contributed by atoms with van der Waals surface area (Å²) in [6.45, 7) is 7.67. The lowest BCUT2D eigenvalue weighted by Crippen LogP contribution is -2.39. The van der Waals surface area contributed by atoms with Crippen LogP contribution in [0, 0.1) is 0 Å². The van der Waals surface area contributed by atoms with Gasteiger partial charge in [-0.1, -0.05) is 38.4 Å². The maximum absolute atomic E-state index is 12.1. The van der Waals surface area contributed by atoms with Crippen LogP contribution < -0.4 is 10.1 Å². The zero-order chi connectivity index (χ0) is 18.4. The zero-order valence-electron chi connectivity index (χ0n) is 15.0. The average Bonchev–Trinajstić information content (AvgIpc) is 3.02. The molecule has 5 nitrogen and oxygen atoms in total. The van der Waals surface area contributed by atoms with Crippen LogP contribution >= 0.6 is 22.9 Å². The van der Waals surface area contributed by atoms with Crippen molar-refractivity contribution in [1.29, 1.82) is 0 Å². The Labute approximate surface area is 158 Å². The Morgan fingerprint density at radius 1 is 1.40 bits per heavy atom. The molecule has 0 saturated heterocycles. The van der Waals surface area contributed by atoms with Gasteiger partial charge in [0.1, 0.15) is 12.4 Å². The molecular weight excluding hydrogens is 358 g/mol. The molecule has 2 aromatic rings. The lowest BCUT2D eigenvalue weighted by molar-refractivity contribution is 0.195. The summed E-state index contributed by atoms with van der Waals surface area (Å²) in [5, 5.41) is 6.56. The lowest BCUT2D eigenvalue weighted by atomic mass is 9.98. The van der Waals surface area contributed by atoms with E-state index in [1.807, 2.05) is 17.5 Å². The molecule has 1 N–H and O–H groups in total. The molecule has 0 aliphatic rings. The normalized spacial score (nSPS) is 11.2. The molecule has 0 saturated carbocycles. The van der Waals surface area contributed by atoms with Gasteiger partial charge in [0, 0.05) is 22.9 Å². The van der Waals surface area contributed by atoms with Crippen LogP contribution in [0.25, 0.3) is 0 Å². The van der Waals surface area contributed by atoms with Crippen molar-refractivity contribution < 1.29 is 9.53 Å². The number of aromatic nitrogens is 1. The van der Waals surface area contributed by atoms with Crippen LogP contribution in [0.2, 0.25) is 5.02 Å². The van der Waals surface area contributed by atoms with E-state index in [2.05, 4.69) is 31.1 Å². The highest BCUT2D eigenvalue weighted by Gasteiger charge is 2.18. The van der Waals surface area contributed by atoms with Gasteiger partial charge < -0.3 is 15.0 Å². The minimum Gasteiger partial charge on any atom is -0.492 e. The van der Waals surface area contributed by atoms with E-state index >= 15 is 0 Å². The number of hydrogen-bond donors (Lipinski definition) is 1. The second-order valence-electron chi connectivity index (χ2n) is 6.78. The molecule has 1 aromatic carbocycles. The molecule has 0 radical (unpaired) electrons. The molecule has 2 rings (SSSR count). The molecule has 7 heteroatoms. The van der Waals surface area contributed by atoms with Crippen LogP contribution in [0.3, 0.4) is 0 Å². The Balaban J connectivity index is 1.74. The van der Waals surface area contributed by atoms with Crippen molar-refractivity contribution in [3.05, 3.63) is 45.4 Å². The number of nitrogens with zero attached hydrogens (tertiary/aromatic N) is 2. The highest BCUT2D eigenvalue weighted by atomic mass is 35.5. The minimum atomic E-state index is -0.153. The van der Waals surface area contributed by atoms with E-state index in [0.29, 0.717) is 30.5 Å². The summed E-state index contributed by atoms with van der Waals surface area (Å²) in [4.78, 5) is 18.3. The van der Waals surface area contributed by atoms with Gasteiger partial charge in [-0.15, -0.1) is 11.3 Å². The fraction of sp³-hybridized carbons (Fsp3) is 0.444. The number of likely N-dealkylation sites (N-methyl/N-ethyl adjacent to an activating group) is 1. The second kappa shape index (κ2) is 8.54. The van der Waals surface area contributed by atoms with Crippen molar-refractivity contribution in [2.45, 2.75) is 32.7 Å². The molecule has 0 bridgehead atoms. The summed E-state index contributed by atoms with van der Waals surface area (Å²) in [6, 6.07) is 7.04. The zero-order valence-corrected chi connectivity index (χ0v) is 16.6. The third-order valence-corrected chi connectivity index (χ3v) is 5.00. The van der Waals surface area contributed by atoms with Gasteiger partial charge in [0.05, 0.1) is 23.8 Å². The van der Waals surface area contributed by atoms with Gasteiger partial charge in [-0.2, -0.15) is 0 Å². The Bertz CT molecular complexity index is 712. The maximum atomic E-state index is 12.1. The van der Waals surface area contributed by atoms with E-state index in [4.69, 9.17) is 16.3 Å². The molecule has 2 amide bonds. The first-order chi connectivity index (χ1) is 11.8. The van der Waals surface area contributed by atoms with Crippen molar-refractivity contribution in [3.8, 4) is 5.75 Å². The summed E-state index contributed by atoms with van der Waals surface area (Å²) in [5.41, 5.74) is 0.911. The number of benzene rings is 1. The Hall–Kier alpha value is -1.79. The van der Waals surface area contributed by atoms with Crippen molar-refractivity contribution in [3.63, 3.8) is 0 Å². The highest BCUT2D eigenvalue weighted by molar-refractivity contribution is 7.09. The van der Waals surface area contributed by atoms with Crippen LogP contribution in [0.15, 0.2) is 29.6 Å². The van der Waals surface area contributed by atoms with E-state index in [1.54, 1.807) is 35.4 Å². The molecule has 1 heterocycles. The Kier molecular flexibility index (Phi) is 6.67. The molecule has 136 valence electrons. The summed E-state index contributed by atoms with van der Waals surface area (Å²) in [6.07, 6.45) is 0. The van der Waals surface area contributed by atoms with Gasteiger partial charge in [-0.3, -0.25) is 0 Å². The van der Waals surface area contributed by atoms with Crippen LogP contribution in [0.1, 0.15) is 31.5 Å². The van der Waals surface area contributed by atoms with E-state index < -0.39 is 0 Å². The summed E-state index contributed by atoms with van der Waals surface area (Å²) < 4.78 is 5.59. The fourth-order valence-corrected chi connectivity index (χ4v) is 3.08. The number of thiazole rings is 1. The molecule has 0 spiro atoms. The van der Waals surface area contributed by atoms with Crippen LogP contribution in [0.4, 0.5) is 4.79 Å². The number of ether oxygens (including phenoxy) is 1. The van der Waals surface area contributed by atoms with E-state index in [-0.39, 0.29) is 11.4 Å². The number of carbonyl (C=O) groups is 1. The first-order valence-electron chi connectivity index (χ1n) is 8.08. The quantitative estimate of drug-likeness (QED) is 0.810. The number of carbonyl (C=O) groups excluding carboxylic acids is 1. The monoisotopic (exact) mass is 381 g/mol. The molecular formula is C18H24ClN3O2S. The lowest BCUT2D eigenvalue weighted by Gasteiger charge is -2.18. The predicted molar refractivity (Wildman–Crippen MR) is 103 cm³/mol. The van der Waals surface area contributed by atoms with Gasteiger partial charge >= 0.3 is 6.03 Å². The van der Waals surface area contributed by atoms with E-state index in [1.165, 1.54) is 0 Å². The van der Waals surface area contributed by atoms with Gasteiger partial charge in [-0.05, 0) is 18.2 Å². The fourth-order valence-electron chi connectivity index (χ4n) is 1.99. The Morgan fingerprint density at radius 3 is 2.80 bits per heavy atom. The summed E-state index contributed by atoms with van der Waals surface area (Å²) >= 11 is 7.53. The molecule has 0 unspecified atom stereocenters. The number of halogens is 1. The predicted octanol–water partition coefficient (Wildman–Crippen LogP) is 4.31. The third kappa shape index (κ3) is 6.21. The molecule has 0 aliphatic heterocycles. The minimum absolute atomic E-state index is 0.0292. The molecule has 0 fully saturated rings. The average molecular weight is 382 g/mol. The second-order valence-corrected chi connectivity index (χ2v) is 8.07. The van der Waals surface area contributed by atoms with Crippen LogP contribution in [-0.4, -0.2) is 36.1 Å². The van der Waals surface area contributed by atoms with Crippen molar-refractivity contribution in [1.82, 2.24) is 15.2 Å². The number of urea groups is 1. The van der Waals surface area contributed by atoms with Gasteiger partial charge in [0.25, 0.3) is 0 Å². The topological polar surface area (TPSA) is 54.5 Å². The Morgan fingerprint density at radius 2 is 2.16 bits per heavy atom. The standard InChI is InChI=1S/C18H24ClN3O2S/c1-18(2,3)16-21-14(12-25-16)11-20-17(23)22(4)8-9-24-15-7-5-6-13(19)10-15/h5-7,10,12H,8-9,11H2,1-4H3,(H,20,23). The van der Waals surface area contributed by atoms with E-state index in [9.17, 15) is 4.79 Å². The molecule has 0 aliphatic carbocycles. The van der Waals surface area contributed by atoms with Crippen molar-refractivity contribution >= 4 is 29.0 Å². The van der Waals surface area contributed by atoms with Gasteiger partial charge in [-0.25, -0.2) is 9.78 Å². The van der Waals surface area contributed by atoms with Crippen molar-refractivity contribution in [2.75, 3.05) is 20.2 Å². The van der Waals surface area contributed by atoms with Gasteiger partial charge in [0.2, 0.25) is 0 Å². The third-order valence-electron chi connectivity index (χ3n) is 3.45. The number of nitrogens with one attached hydrogen (secondary N) is 1. The maximum Gasteiger partial charge on any atom is 0.317 e.